The topological polar surface area (TPSA) is 105 Å². The molecule has 5 rings (SSSR count). The maximum absolute atomic E-state index is 12.6. The van der Waals surface area contributed by atoms with E-state index in [1.165, 1.54) is 6.20 Å². The van der Waals surface area contributed by atoms with Crippen molar-refractivity contribution in [1.82, 2.24) is 25.3 Å². The highest BCUT2D eigenvalue weighted by atomic mass is 19.4. The minimum Gasteiger partial charge on any atom is -0.406 e. The zero-order valence-electron chi connectivity index (χ0n) is 17.1. The van der Waals surface area contributed by atoms with Crippen LogP contribution in [0.3, 0.4) is 0 Å². The smallest absolute Gasteiger partial charge is 0.406 e. The molecule has 33 heavy (non-hydrogen) atoms. The van der Waals surface area contributed by atoms with Crippen molar-refractivity contribution in [3.05, 3.63) is 48.9 Å². The molecule has 3 aromatic heterocycles. The molecule has 9 nitrogen and oxygen atoms in total. The summed E-state index contributed by atoms with van der Waals surface area (Å²) in [5.41, 5.74) is 0.260. The summed E-state index contributed by atoms with van der Waals surface area (Å²) in [5, 5.41) is 5.79. The van der Waals surface area contributed by atoms with E-state index in [1.54, 1.807) is 30.6 Å². The lowest BCUT2D eigenvalue weighted by atomic mass is 9.78. The Hall–Kier alpha value is -3.96. The molecule has 12 heteroatoms. The fraction of sp³-hybridized carbons (Fsp3) is 0.286. The number of pyridine rings is 2. The number of carbonyl (C=O) groups excluding carboxylic acids is 1. The summed E-state index contributed by atoms with van der Waals surface area (Å²) in [5.74, 6) is 1.05. The van der Waals surface area contributed by atoms with Crippen LogP contribution in [0, 0.1) is 5.41 Å². The van der Waals surface area contributed by atoms with Crippen LogP contribution in [0.25, 0.3) is 11.4 Å². The first kappa shape index (κ1) is 20.9. The minimum atomic E-state index is -4.81. The lowest BCUT2D eigenvalue weighted by Crippen LogP contribution is -2.60. The monoisotopic (exact) mass is 457 g/mol. The molecular formula is C21H18F3N7O2. The maximum atomic E-state index is 12.6. The number of halogens is 3. The second-order valence-electron chi connectivity index (χ2n) is 7.87. The second-order valence-corrected chi connectivity index (χ2v) is 7.87. The molecule has 0 atom stereocenters. The molecule has 2 N–H and O–H groups in total. The Balaban J connectivity index is 1.44. The molecule has 0 bridgehead atoms. The van der Waals surface area contributed by atoms with Gasteiger partial charge in [-0.3, -0.25) is 9.78 Å². The lowest BCUT2D eigenvalue weighted by Gasteiger charge is -2.46. The maximum Gasteiger partial charge on any atom is 0.573 e. The third-order valence-corrected chi connectivity index (χ3v) is 5.54. The van der Waals surface area contributed by atoms with Crippen molar-refractivity contribution in [3.63, 3.8) is 0 Å². The molecule has 0 aromatic carbocycles. The highest BCUT2D eigenvalue weighted by Gasteiger charge is 2.52. The molecule has 0 unspecified atom stereocenters. The first-order valence-corrected chi connectivity index (χ1v) is 10.1. The Kier molecular flexibility index (Phi) is 4.99. The van der Waals surface area contributed by atoms with Crippen LogP contribution in [0.5, 0.6) is 5.75 Å². The predicted molar refractivity (Wildman–Crippen MR) is 112 cm³/mol. The molecule has 0 radical (unpaired) electrons. The highest BCUT2D eigenvalue weighted by molar-refractivity contribution is 5.88. The van der Waals surface area contributed by atoms with Crippen molar-refractivity contribution in [3.8, 4) is 17.1 Å². The average molecular weight is 457 g/mol. The molecule has 2 fully saturated rings. The van der Waals surface area contributed by atoms with Crippen LogP contribution in [0.15, 0.2) is 48.9 Å². The number of amides is 1. The molecular weight excluding hydrogens is 439 g/mol. The third-order valence-electron chi connectivity index (χ3n) is 5.54. The van der Waals surface area contributed by atoms with Crippen molar-refractivity contribution in [2.24, 2.45) is 5.41 Å². The Labute approximate surface area is 186 Å². The van der Waals surface area contributed by atoms with Gasteiger partial charge in [0.15, 0.2) is 5.82 Å². The van der Waals surface area contributed by atoms with Crippen LogP contribution in [0.2, 0.25) is 0 Å². The van der Waals surface area contributed by atoms with Gasteiger partial charge >= 0.3 is 6.36 Å². The molecule has 1 spiro atoms. The van der Waals surface area contributed by atoms with E-state index in [0.717, 1.165) is 18.6 Å². The molecule has 0 saturated carbocycles. The van der Waals surface area contributed by atoms with Crippen LogP contribution in [-0.4, -0.2) is 51.8 Å². The molecule has 2 aliphatic heterocycles. The van der Waals surface area contributed by atoms with Gasteiger partial charge in [0, 0.05) is 55.9 Å². The number of alkyl halides is 3. The Bertz CT molecular complexity index is 1180. The summed E-state index contributed by atoms with van der Waals surface area (Å²) < 4.78 is 41.6. The minimum absolute atomic E-state index is 0.0457. The summed E-state index contributed by atoms with van der Waals surface area (Å²) in [6.45, 7) is 1.70. The van der Waals surface area contributed by atoms with Crippen LogP contribution in [0.1, 0.15) is 6.42 Å². The largest absolute Gasteiger partial charge is 0.573 e. The average Bonchev–Trinajstić information content (AvgIpc) is 3.13. The van der Waals surface area contributed by atoms with Crippen molar-refractivity contribution >= 4 is 23.4 Å². The molecule has 2 saturated heterocycles. The van der Waals surface area contributed by atoms with Gasteiger partial charge in [-0.15, -0.1) is 13.2 Å². The number of ether oxygens (including phenoxy) is 1. The van der Waals surface area contributed by atoms with Gasteiger partial charge in [-0.2, -0.15) is 0 Å². The Morgan fingerprint density at radius 2 is 1.97 bits per heavy atom. The normalized spacial score (nSPS) is 16.9. The second kappa shape index (κ2) is 7.87. The molecule has 1 amide bonds. The standard InChI is InChI=1S/C21H18F3N7O2/c22-21(23,24)33-14-3-6-26-15(8-14)28-16-9-17(30-18(29-16)13-2-1-5-25-10-13)31-11-20(12-31)4-7-27-19(20)32/h1-3,5-6,8-10H,4,7,11-12H2,(H,27,32)(H,26,28,29,30). The van der Waals surface area contributed by atoms with E-state index in [4.69, 9.17) is 0 Å². The quantitative estimate of drug-likeness (QED) is 0.603. The molecule has 170 valence electrons. The fourth-order valence-corrected chi connectivity index (χ4v) is 3.96. The molecule has 0 aliphatic carbocycles. The van der Waals surface area contributed by atoms with Crippen molar-refractivity contribution in [1.29, 1.82) is 0 Å². The number of hydrogen-bond donors (Lipinski definition) is 2. The summed E-state index contributed by atoms with van der Waals surface area (Å²) >= 11 is 0. The summed E-state index contributed by atoms with van der Waals surface area (Å²) in [7, 11) is 0. The van der Waals surface area contributed by atoms with Crippen molar-refractivity contribution in [2.75, 3.05) is 29.9 Å². The van der Waals surface area contributed by atoms with Crippen LogP contribution < -0.4 is 20.3 Å². The zero-order chi connectivity index (χ0) is 23.1. The Morgan fingerprint density at radius 1 is 1.12 bits per heavy atom. The van der Waals surface area contributed by atoms with Gasteiger partial charge in [0.05, 0.1) is 5.41 Å². The summed E-state index contributed by atoms with van der Waals surface area (Å²) in [6, 6.07) is 7.45. The van der Waals surface area contributed by atoms with Gasteiger partial charge in [0.2, 0.25) is 5.91 Å². The van der Waals surface area contributed by atoms with Crippen LogP contribution in [-0.2, 0) is 4.79 Å². The number of hydrogen-bond acceptors (Lipinski definition) is 8. The van der Waals surface area contributed by atoms with Crippen LogP contribution in [0.4, 0.5) is 30.6 Å². The molecule has 5 heterocycles. The SMILES string of the molecule is O=C1NCCC12CN(c1cc(Nc3cc(OC(F)(F)F)ccn3)nc(-c3cccnc3)n1)C2. The molecule has 3 aromatic rings. The third kappa shape index (κ3) is 4.36. The van der Waals surface area contributed by atoms with Gasteiger partial charge < -0.3 is 20.3 Å². The van der Waals surface area contributed by atoms with Gasteiger partial charge in [-0.1, -0.05) is 0 Å². The van der Waals surface area contributed by atoms with Gasteiger partial charge in [-0.25, -0.2) is 15.0 Å². The predicted octanol–water partition coefficient (Wildman–Crippen LogP) is 2.90. The van der Waals surface area contributed by atoms with E-state index >= 15 is 0 Å². The Morgan fingerprint density at radius 3 is 2.67 bits per heavy atom. The van der Waals surface area contributed by atoms with Crippen molar-refractivity contribution < 1.29 is 22.7 Å². The van der Waals surface area contributed by atoms with E-state index in [1.807, 2.05) is 4.90 Å². The number of anilines is 3. The number of carbonyl (C=O) groups is 1. The number of nitrogens with one attached hydrogen (secondary N) is 2. The van der Waals surface area contributed by atoms with E-state index in [2.05, 4.69) is 35.3 Å². The van der Waals surface area contributed by atoms with Gasteiger partial charge in [0.25, 0.3) is 0 Å². The number of nitrogens with zero attached hydrogens (tertiary/aromatic N) is 5. The zero-order valence-corrected chi connectivity index (χ0v) is 17.1. The molecule has 2 aliphatic rings. The van der Waals surface area contributed by atoms with E-state index < -0.39 is 17.5 Å². The first-order valence-electron chi connectivity index (χ1n) is 10.1. The summed E-state index contributed by atoms with van der Waals surface area (Å²) in [4.78, 5) is 31.4. The lowest BCUT2D eigenvalue weighted by molar-refractivity contribution is -0.274. The summed E-state index contributed by atoms with van der Waals surface area (Å²) in [6.07, 6.45) is 0.394. The van der Waals surface area contributed by atoms with E-state index in [-0.39, 0.29) is 11.7 Å². The van der Waals surface area contributed by atoms with E-state index in [9.17, 15) is 18.0 Å². The van der Waals surface area contributed by atoms with Gasteiger partial charge in [0.1, 0.15) is 23.2 Å². The highest BCUT2D eigenvalue weighted by Crippen LogP contribution is 2.40. The number of rotatable bonds is 5. The fourth-order valence-electron chi connectivity index (χ4n) is 3.96. The van der Waals surface area contributed by atoms with E-state index in [0.29, 0.717) is 42.7 Å². The van der Waals surface area contributed by atoms with Crippen molar-refractivity contribution in [2.45, 2.75) is 12.8 Å². The van der Waals surface area contributed by atoms with Gasteiger partial charge in [-0.05, 0) is 24.6 Å². The van der Waals surface area contributed by atoms with Crippen LogP contribution >= 0.6 is 0 Å². The first-order chi connectivity index (χ1) is 15.8. The number of aromatic nitrogens is 4.